The van der Waals surface area contributed by atoms with Gasteiger partial charge >= 0.3 is 0 Å². The minimum absolute atomic E-state index is 0.0797. The normalized spacial score (nSPS) is 16.4. The van der Waals surface area contributed by atoms with Crippen molar-refractivity contribution in [1.29, 1.82) is 0 Å². The molecule has 78 valence electrons. The van der Waals surface area contributed by atoms with Crippen molar-refractivity contribution in [1.82, 2.24) is 0 Å². The smallest absolute Gasteiger partial charge is 0.282 e. The van der Waals surface area contributed by atoms with Crippen LogP contribution in [0, 0.1) is 0 Å². The topological polar surface area (TPSA) is 20.2 Å². The number of benzene rings is 1. The second-order valence-electron chi connectivity index (χ2n) is 3.44. The average molecular weight is 204 g/mol. The fourth-order valence-corrected chi connectivity index (χ4v) is 1.03. The zero-order valence-corrected chi connectivity index (χ0v) is 7.89. The van der Waals surface area contributed by atoms with Gasteiger partial charge in [-0.15, -0.1) is 0 Å². The molecular weight excluding hydrogens is 193 g/mol. The summed E-state index contributed by atoms with van der Waals surface area (Å²) in [5.74, 6) is -3.53. The molecule has 0 aliphatic carbocycles. The van der Waals surface area contributed by atoms with Gasteiger partial charge in [0.1, 0.15) is 5.75 Å². The first-order valence-corrected chi connectivity index (χ1v) is 4.11. The van der Waals surface area contributed by atoms with Gasteiger partial charge in [-0.1, -0.05) is 12.1 Å². The van der Waals surface area contributed by atoms with Crippen LogP contribution < -0.4 is 0 Å². The Bertz CT molecular complexity index is 311. The molecule has 14 heavy (non-hydrogen) atoms. The predicted octanol–water partition coefficient (Wildman–Crippen LogP) is 3.23. The van der Waals surface area contributed by atoms with Crippen LogP contribution in [0.1, 0.15) is 19.4 Å². The summed E-state index contributed by atoms with van der Waals surface area (Å²) in [5.41, 5.74) is -2.87. The van der Waals surface area contributed by atoms with Crippen molar-refractivity contribution in [3.63, 3.8) is 0 Å². The van der Waals surface area contributed by atoms with Gasteiger partial charge in [-0.2, -0.15) is 0 Å². The molecule has 0 aliphatic heterocycles. The molecule has 0 radical (unpaired) electrons. The highest BCUT2D eigenvalue weighted by molar-refractivity contribution is 5.30. The molecule has 0 spiro atoms. The minimum Gasteiger partial charge on any atom is -0.508 e. The fourth-order valence-electron chi connectivity index (χ4n) is 1.03. The maximum absolute atomic E-state index is 13.6. The van der Waals surface area contributed by atoms with Crippen molar-refractivity contribution < 1.29 is 18.3 Å². The van der Waals surface area contributed by atoms with E-state index in [1.165, 1.54) is 12.1 Å². The van der Waals surface area contributed by atoms with E-state index in [2.05, 4.69) is 0 Å². The highest BCUT2D eigenvalue weighted by Gasteiger charge is 2.48. The molecule has 1 aromatic carbocycles. The zero-order valence-electron chi connectivity index (χ0n) is 7.89. The third-order valence-corrected chi connectivity index (χ3v) is 2.23. The average Bonchev–Trinajstić information content (AvgIpc) is 2.03. The van der Waals surface area contributed by atoms with Gasteiger partial charge in [0.25, 0.3) is 5.92 Å². The number of alkyl halides is 3. The third-order valence-electron chi connectivity index (χ3n) is 2.23. The molecule has 1 unspecified atom stereocenters. The monoisotopic (exact) mass is 204 g/mol. The molecule has 1 rings (SSSR count). The zero-order chi connectivity index (χ0) is 11.0. The number of phenols is 1. The molecule has 0 aromatic heterocycles. The Hall–Kier alpha value is -1.19. The van der Waals surface area contributed by atoms with Crippen LogP contribution in [0.5, 0.6) is 5.75 Å². The van der Waals surface area contributed by atoms with Gasteiger partial charge in [-0.05, 0) is 24.6 Å². The standard InChI is InChI=1S/C10H11F3O/c1-9(11,10(2,12)13)7-3-5-8(14)6-4-7/h3-6,14H,1-2H3. The molecule has 0 aliphatic rings. The third kappa shape index (κ3) is 1.84. The van der Waals surface area contributed by atoms with Crippen molar-refractivity contribution in [2.45, 2.75) is 25.4 Å². The van der Waals surface area contributed by atoms with Crippen LogP contribution in [0.4, 0.5) is 13.2 Å². The van der Waals surface area contributed by atoms with Crippen LogP contribution >= 0.6 is 0 Å². The Labute approximate surface area is 80.2 Å². The number of hydrogen-bond acceptors (Lipinski definition) is 1. The lowest BCUT2D eigenvalue weighted by atomic mass is 9.92. The molecule has 0 fully saturated rings. The molecule has 0 heterocycles. The number of phenolic OH excluding ortho intramolecular Hbond substituents is 1. The first-order chi connectivity index (χ1) is 6.25. The summed E-state index contributed by atoms with van der Waals surface area (Å²) >= 11 is 0. The Morgan fingerprint density at radius 1 is 1.00 bits per heavy atom. The van der Waals surface area contributed by atoms with Crippen LogP contribution in [0.2, 0.25) is 0 Å². The van der Waals surface area contributed by atoms with E-state index < -0.39 is 11.6 Å². The van der Waals surface area contributed by atoms with Crippen molar-refractivity contribution in [3.05, 3.63) is 29.8 Å². The van der Waals surface area contributed by atoms with Gasteiger partial charge in [0.15, 0.2) is 5.67 Å². The number of halogens is 3. The summed E-state index contributed by atoms with van der Waals surface area (Å²) in [6.07, 6.45) is 0. The lowest BCUT2D eigenvalue weighted by Gasteiger charge is -2.27. The van der Waals surface area contributed by atoms with Crippen LogP contribution in [0.25, 0.3) is 0 Å². The van der Waals surface area contributed by atoms with Crippen LogP contribution in [-0.4, -0.2) is 11.0 Å². The van der Waals surface area contributed by atoms with Gasteiger partial charge in [-0.25, -0.2) is 13.2 Å². The Morgan fingerprint density at radius 3 is 1.79 bits per heavy atom. The van der Waals surface area contributed by atoms with E-state index in [0.717, 1.165) is 19.1 Å². The van der Waals surface area contributed by atoms with Crippen molar-refractivity contribution in [2.75, 3.05) is 0 Å². The molecule has 0 saturated carbocycles. The summed E-state index contributed by atoms with van der Waals surface area (Å²) in [6, 6.07) is 4.65. The molecule has 1 N–H and O–H groups in total. The van der Waals surface area contributed by atoms with Crippen LogP contribution in [-0.2, 0) is 5.67 Å². The summed E-state index contributed by atoms with van der Waals surface area (Å²) in [7, 11) is 0. The van der Waals surface area contributed by atoms with E-state index >= 15 is 0 Å². The van der Waals surface area contributed by atoms with E-state index in [1.54, 1.807) is 0 Å². The van der Waals surface area contributed by atoms with Crippen molar-refractivity contribution >= 4 is 0 Å². The maximum atomic E-state index is 13.6. The van der Waals surface area contributed by atoms with Crippen LogP contribution in [0.15, 0.2) is 24.3 Å². The Balaban J connectivity index is 3.10. The largest absolute Gasteiger partial charge is 0.508 e. The van der Waals surface area contributed by atoms with Gasteiger partial charge < -0.3 is 5.11 Å². The molecule has 0 saturated heterocycles. The van der Waals surface area contributed by atoms with Crippen molar-refractivity contribution in [2.24, 2.45) is 0 Å². The summed E-state index contributed by atoms with van der Waals surface area (Å²) in [4.78, 5) is 0. The minimum atomic E-state index is -3.45. The van der Waals surface area contributed by atoms with Gasteiger partial charge in [0.2, 0.25) is 0 Å². The highest BCUT2D eigenvalue weighted by Crippen LogP contribution is 2.40. The second kappa shape index (κ2) is 3.19. The summed E-state index contributed by atoms with van der Waals surface area (Å²) < 4.78 is 39.3. The van der Waals surface area contributed by atoms with Crippen LogP contribution in [0.3, 0.4) is 0 Å². The SMILES string of the molecule is CC(F)(F)C(C)(F)c1ccc(O)cc1. The first-order valence-electron chi connectivity index (χ1n) is 4.11. The molecule has 1 atom stereocenters. The predicted molar refractivity (Wildman–Crippen MR) is 47.2 cm³/mol. The number of rotatable bonds is 2. The van der Waals surface area contributed by atoms with Crippen molar-refractivity contribution in [3.8, 4) is 5.75 Å². The van der Waals surface area contributed by atoms with E-state index in [0.29, 0.717) is 6.92 Å². The molecule has 1 nitrogen and oxygen atoms in total. The van der Waals surface area contributed by atoms with Gasteiger partial charge in [0, 0.05) is 6.92 Å². The van der Waals surface area contributed by atoms with Gasteiger partial charge in [-0.3, -0.25) is 0 Å². The number of aromatic hydroxyl groups is 1. The lowest BCUT2D eigenvalue weighted by Crippen LogP contribution is -2.36. The molecule has 0 amide bonds. The lowest BCUT2D eigenvalue weighted by molar-refractivity contribution is -0.119. The summed E-state index contributed by atoms with van der Waals surface area (Å²) in [5, 5.41) is 8.92. The van der Waals surface area contributed by atoms with E-state index in [4.69, 9.17) is 5.11 Å². The highest BCUT2D eigenvalue weighted by atomic mass is 19.3. The Kier molecular flexibility index (Phi) is 2.48. The van der Waals surface area contributed by atoms with Gasteiger partial charge in [0.05, 0.1) is 0 Å². The summed E-state index contributed by atoms with van der Waals surface area (Å²) in [6.45, 7) is 1.35. The molecule has 4 heteroatoms. The fraction of sp³-hybridized carbons (Fsp3) is 0.400. The molecule has 0 bridgehead atoms. The van der Waals surface area contributed by atoms with E-state index in [9.17, 15) is 13.2 Å². The quantitative estimate of drug-likeness (QED) is 0.784. The molecular formula is C10H11F3O. The van der Waals surface area contributed by atoms with E-state index in [-0.39, 0.29) is 11.3 Å². The Morgan fingerprint density at radius 2 is 1.43 bits per heavy atom. The van der Waals surface area contributed by atoms with E-state index in [1.807, 2.05) is 0 Å². The second-order valence-corrected chi connectivity index (χ2v) is 3.44. The first kappa shape index (κ1) is 10.9. The maximum Gasteiger partial charge on any atom is 0.282 e. The number of hydrogen-bond donors (Lipinski definition) is 1. The molecule has 1 aromatic rings.